The molecule has 3 aromatic heterocycles. The maximum Gasteiger partial charge on any atom is 0.231 e. The topological polar surface area (TPSA) is 12.7 Å². The van der Waals surface area contributed by atoms with Gasteiger partial charge < -0.3 is 9.25 Å². The predicted octanol–water partition coefficient (Wildman–Crippen LogP) is 6.50. The molecular formula is C28H23FN3+. The lowest BCUT2D eigenvalue weighted by atomic mass is 9.92. The Kier molecular flexibility index (Phi) is 3.67. The summed E-state index contributed by atoms with van der Waals surface area (Å²) in [5.74, 6) is -0.217. The van der Waals surface area contributed by atoms with E-state index in [4.69, 9.17) is 6.57 Å². The molecule has 4 heteroatoms. The fourth-order valence-corrected chi connectivity index (χ4v) is 5.41. The number of aromatic nitrogens is 2. The molecule has 0 bridgehead atoms. The predicted molar refractivity (Wildman–Crippen MR) is 129 cm³/mol. The van der Waals surface area contributed by atoms with Crippen molar-refractivity contribution < 1.29 is 8.96 Å². The van der Waals surface area contributed by atoms with E-state index < -0.39 is 5.54 Å². The Bertz CT molecular complexity index is 1770. The van der Waals surface area contributed by atoms with Crippen molar-refractivity contribution in [2.24, 2.45) is 7.05 Å². The van der Waals surface area contributed by atoms with Gasteiger partial charge in [0, 0.05) is 30.7 Å². The number of fused-ring (bicyclic) bond motifs is 5. The van der Waals surface area contributed by atoms with Crippen LogP contribution in [0.25, 0.3) is 53.8 Å². The van der Waals surface area contributed by atoms with Crippen LogP contribution in [0.2, 0.25) is 0 Å². The van der Waals surface area contributed by atoms with Gasteiger partial charge in [0.05, 0.1) is 33.7 Å². The van der Waals surface area contributed by atoms with E-state index in [0.717, 1.165) is 49.0 Å². The van der Waals surface area contributed by atoms with E-state index in [1.165, 1.54) is 5.56 Å². The van der Waals surface area contributed by atoms with Crippen LogP contribution in [0.5, 0.6) is 0 Å². The second kappa shape index (κ2) is 6.17. The highest BCUT2D eigenvalue weighted by molar-refractivity contribution is 6.25. The maximum absolute atomic E-state index is 15.3. The maximum atomic E-state index is 15.3. The fraction of sp³-hybridized carbons (Fsp3) is 0.214. The van der Waals surface area contributed by atoms with Crippen molar-refractivity contribution in [2.45, 2.75) is 32.7 Å². The molecule has 0 aliphatic rings. The number of para-hydroxylation sites is 1. The molecule has 6 rings (SSSR count). The highest BCUT2D eigenvalue weighted by Gasteiger charge is 2.27. The lowest BCUT2D eigenvalue weighted by Crippen LogP contribution is -2.29. The highest BCUT2D eigenvalue weighted by Crippen LogP contribution is 2.41. The van der Waals surface area contributed by atoms with Crippen molar-refractivity contribution in [3.8, 4) is 0 Å². The SMILES string of the molecule is [C-]#[N+]C(C)(C)Cc1cc2cc[n+](C)c3c4c(C)ccc5c6cccc(F)c6n(c(c1)c23)c54. The lowest BCUT2D eigenvalue weighted by Gasteiger charge is -2.16. The monoisotopic (exact) mass is 420 g/mol. The van der Waals surface area contributed by atoms with Gasteiger partial charge in [0.1, 0.15) is 12.9 Å². The summed E-state index contributed by atoms with van der Waals surface area (Å²) in [6.07, 6.45) is 2.74. The van der Waals surface area contributed by atoms with Crippen molar-refractivity contribution in [1.82, 2.24) is 4.40 Å². The van der Waals surface area contributed by atoms with Crippen molar-refractivity contribution in [1.29, 1.82) is 0 Å². The van der Waals surface area contributed by atoms with Gasteiger partial charge in [-0.1, -0.05) is 30.3 Å². The molecule has 0 saturated heterocycles. The summed E-state index contributed by atoms with van der Waals surface area (Å²) in [6, 6.07) is 16.1. The molecular weight excluding hydrogens is 397 g/mol. The number of benzene rings is 3. The minimum absolute atomic E-state index is 0.217. The zero-order valence-electron chi connectivity index (χ0n) is 18.6. The van der Waals surface area contributed by atoms with E-state index in [0.29, 0.717) is 11.9 Å². The first-order chi connectivity index (χ1) is 15.3. The number of hydrogen-bond acceptors (Lipinski definition) is 0. The molecule has 3 nitrogen and oxygen atoms in total. The molecule has 32 heavy (non-hydrogen) atoms. The van der Waals surface area contributed by atoms with Crippen LogP contribution in [0.4, 0.5) is 4.39 Å². The van der Waals surface area contributed by atoms with E-state index in [2.05, 4.69) is 64.3 Å². The first kappa shape index (κ1) is 19.0. The molecule has 0 unspecified atom stereocenters. The number of aryl methyl sites for hydroxylation is 2. The summed E-state index contributed by atoms with van der Waals surface area (Å²) in [7, 11) is 2.08. The smallest absolute Gasteiger partial charge is 0.231 e. The Labute approximate surface area is 185 Å². The first-order valence-electron chi connectivity index (χ1n) is 10.9. The van der Waals surface area contributed by atoms with Gasteiger partial charge in [0.2, 0.25) is 11.1 Å². The van der Waals surface area contributed by atoms with E-state index in [-0.39, 0.29) is 5.82 Å². The van der Waals surface area contributed by atoms with Gasteiger partial charge in [0.25, 0.3) is 0 Å². The van der Waals surface area contributed by atoms with Gasteiger partial charge in [-0.15, -0.1) is 0 Å². The van der Waals surface area contributed by atoms with Crippen LogP contribution >= 0.6 is 0 Å². The average molecular weight is 421 g/mol. The molecule has 6 aromatic rings. The Morgan fingerprint density at radius 3 is 2.59 bits per heavy atom. The number of rotatable bonds is 2. The van der Waals surface area contributed by atoms with Crippen LogP contribution in [0.3, 0.4) is 0 Å². The van der Waals surface area contributed by atoms with Crippen molar-refractivity contribution in [3.63, 3.8) is 0 Å². The summed E-state index contributed by atoms with van der Waals surface area (Å²) in [5, 5.41) is 5.40. The molecule has 3 heterocycles. The van der Waals surface area contributed by atoms with E-state index in [1.807, 2.05) is 19.9 Å². The molecule has 3 aromatic carbocycles. The van der Waals surface area contributed by atoms with Crippen LogP contribution < -0.4 is 4.57 Å². The average Bonchev–Trinajstić information content (AvgIpc) is 3.10. The van der Waals surface area contributed by atoms with Crippen LogP contribution in [0, 0.1) is 19.3 Å². The summed E-state index contributed by atoms with van der Waals surface area (Å²) in [4.78, 5) is 3.82. The van der Waals surface area contributed by atoms with Crippen LogP contribution in [0.15, 0.2) is 54.7 Å². The van der Waals surface area contributed by atoms with Gasteiger partial charge >= 0.3 is 0 Å². The van der Waals surface area contributed by atoms with Gasteiger partial charge in [0.15, 0.2) is 6.20 Å². The molecule has 0 atom stereocenters. The largest absolute Gasteiger partial charge is 0.311 e. The Morgan fingerprint density at radius 2 is 1.81 bits per heavy atom. The Morgan fingerprint density at radius 1 is 1.03 bits per heavy atom. The standard InChI is InChI=1S/C28H23FN3/c1-16-9-10-20-19-7-6-8-21(29)25(19)32-22-14-17(15-28(2,3)30-4)13-18-11-12-31(5)27(24(18)22)23(16)26(20)32/h6-14H,15H2,1-3,5H3/q+1. The fourth-order valence-electron chi connectivity index (χ4n) is 5.41. The summed E-state index contributed by atoms with van der Waals surface area (Å²) in [5.41, 5.74) is 5.60. The van der Waals surface area contributed by atoms with Crippen molar-refractivity contribution in [3.05, 3.63) is 83.1 Å². The number of hydrogen-bond donors (Lipinski definition) is 0. The molecule has 0 spiro atoms. The van der Waals surface area contributed by atoms with Crippen LogP contribution in [-0.4, -0.2) is 9.94 Å². The molecule has 0 aliphatic heterocycles. The number of halogens is 1. The Balaban J connectivity index is 1.96. The van der Waals surface area contributed by atoms with Gasteiger partial charge in [-0.05, 0) is 35.6 Å². The zero-order valence-corrected chi connectivity index (χ0v) is 18.6. The minimum Gasteiger partial charge on any atom is -0.311 e. The number of nitrogens with zero attached hydrogens (tertiary/aromatic N) is 3. The zero-order chi connectivity index (χ0) is 22.4. The van der Waals surface area contributed by atoms with Crippen LogP contribution in [0.1, 0.15) is 25.0 Å². The molecule has 0 saturated carbocycles. The quantitative estimate of drug-likeness (QED) is 0.131. The third-order valence-corrected chi connectivity index (χ3v) is 6.80. The van der Waals surface area contributed by atoms with Crippen molar-refractivity contribution in [2.75, 3.05) is 0 Å². The normalized spacial score (nSPS) is 12.6. The minimum atomic E-state index is -0.495. The molecule has 0 aliphatic carbocycles. The van der Waals surface area contributed by atoms with Crippen LogP contribution in [-0.2, 0) is 13.5 Å². The molecule has 0 N–H and O–H groups in total. The van der Waals surface area contributed by atoms with Gasteiger partial charge in [-0.3, -0.25) is 0 Å². The van der Waals surface area contributed by atoms with E-state index >= 15 is 4.39 Å². The molecule has 0 amide bonds. The number of pyridine rings is 2. The third-order valence-electron chi connectivity index (χ3n) is 6.80. The summed E-state index contributed by atoms with van der Waals surface area (Å²) in [6.45, 7) is 13.6. The first-order valence-corrected chi connectivity index (χ1v) is 10.9. The lowest BCUT2D eigenvalue weighted by molar-refractivity contribution is -0.643. The van der Waals surface area contributed by atoms with E-state index in [1.54, 1.807) is 12.1 Å². The van der Waals surface area contributed by atoms with E-state index in [9.17, 15) is 0 Å². The highest BCUT2D eigenvalue weighted by atomic mass is 19.1. The molecule has 0 radical (unpaired) electrons. The van der Waals surface area contributed by atoms with Gasteiger partial charge in [-0.25, -0.2) is 15.5 Å². The Hall–Kier alpha value is -3.71. The summed E-state index contributed by atoms with van der Waals surface area (Å²) < 4.78 is 19.6. The molecule has 0 fully saturated rings. The summed E-state index contributed by atoms with van der Waals surface area (Å²) >= 11 is 0. The molecule has 156 valence electrons. The third kappa shape index (κ3) is 2.37. The van der Waals surface area contributed by atoms with Gasteiger partial charge in [-0.2, -0.15) is 0 Å². The second-order valence-corrected chi connectivity index (χ2v) is 9.58. The second-order valence-electron chi connectivity index (χ2n) is 9.58. The van der Waals surface area contributed by atoms with Crippen molar-refractivity contribution >= 4 is 49.0 Å².